The lowest BCUT2D eigenvalue weighted by Crippen LogP contribution is -2.51. The number of halogens is 2. The Balaban J connectivity index is 1.36. The lowest BCUT2D eigenvalue weighted by Gasteiger charge is -2.35. The number of aliphatic imine (C=N–C) groups is 1. The molecule has 0 bridgehead atoms. The van der Waals surface area contributed by atoms with Gasteiger partial charge in [-0.25, -0.2) is 23.4 Å². The maximum absolute atomic E-state index is 13.4. The SMILES string of the molecule is O=C(Cn1nc(-c2ccc(F)cc2)nc1-c1ccc(F)cc1)N1CCN(C2=NCCO2)CC1. The van der Waals surface area contributed by atoms with Gasteiger partial charge in [0, 0.05) is 37.3 Å². The van der Waals surface area contributed by atoms with Crippen LogP contribution in [-0.2, 0) is 16.1 Å². The topological polar surface area (TPSA) is 75.9 Å². The standard InChI is InChI=1S/C23H22F2N6O2/c24-18-5-1-16(2-6-18)21-27-22(17-3-7-19(25)8-4-17)31(28-21)15-20(32)29-10-12-30(13-11-29)23-26-9-14-33-23/h1-8H,9-15H2. The van der Waals surface area contributed by atoms with Crippen LogP contribution in [0.15, 0.2) is 53.5 Å². The number of amidine groups is 1. The van der Waals surface area contributed by atoms with Gasteiger partial charge in [-0.2, -0.15) is 0 Å². The molecule has 2 aliphatic rings. The van der Waals surface area contributed by atoms with Crippen LogP contribution in [-0.4, -0.2) is 75.8 Å². The van der Waals surface area contributed by atoms with Gasteiger partial charge in [-0.3, -0.25) is 4.79 Å². The van der Waals surface area contributed by atoms with Crippen molar-refractivity contribution in [1.29, 1.82) is 0 Å². The molecule has 1 saturated heterocycles. The van der Waals surface area contributed by atoms with Gasteiger partial charge in [0.15, 0.2) is 11.6 Å². The predicted molar refractivity (Wildman–Crippen MR) is 117 cm³/mol. The number of piperazine rings is 1. The van der Waals surface area contributed by atoms with Crippen molar-refractivity contribution < 1.29 is 18.3 Å². The zero-order valence-corrected chi connectivity index (χ0v) is 17.8. The Kier molecular flexibility index (Phi) is 5.72. The van der Waals surface area contributed by atoms with Crippen LogP contribution in [0.5, 0.6) is 0 Å². The molecule has 1 aromatic heterocycles. The third-order valence-electron chi connectivity index (χ3n) is 5.63. The minimum atomic E-state index is -0.367. The zero-order valence-electron chi connectivity index (χ0n) is 17.8. The molecule has 0 radical (unpaired) electrons. The van der Waals surface area contributed by atoms with Gasteiger partial charge in [0.05, 0.1) is 6.54 Å². The maximum Gasteiger partial charge on any atom is 0.287 e. The Labute approximate surface area is 189 Å². The van der Waals surface area contributed by atoms with Crippen LogP contribution in [0.25, 0.3) is 22.8 Å². The van der Waals surface area contributed by atoms with Crippen molar-refractivity contribution in [2.24, 2.45) is 4.99 Å². The monoisotopic (exact) mass is 452 g/mol. The number of aromatic nitrogens is 3. The van der Waals surface area contributed by atoms with Gasteiger partial charge in [0.25, 0.3) is 6.02 Å². The van der Waals surface area contributed by atoms with E-state index in [1.807, 2.05) is 4.90 Å². The van der Waals surface area contributed by atoms with Crippen molar-refractivity contribution in [3.63, 3.8) is 0 Å². The molecule has 1 amide bonds. The predicted octanol–water partition coefficient (Wildman–Crippen LogP) is 2.42. The summed E-state index contributed by atoms with van der Waals surface area (Å²) in [6, 6.07) is 12.3. The Morgan fingerprint density at radius 3 is 2.15 bits per heavy atom. The molecule has 170 valence electrons. The first-order valence-corrected chi connectivity index (χ1v) is 10.7. The maximum atomic E-state index is 13.4. The molecule has 0 aliphatic carbocycles. The lowest BCUT2D eigenvalue weighted by molar-refractivity contribution is -0.133. The average molecular weight is 452 g/mol. The highest BCUT2D eigenvalue weighted by molar-refractivity contribution is 5.78. The van der Waals surface area contributed by atoms with Gasteiger partial charge in [0.2, 0.25) is 5.91 Å². The summed E-state index contributed by atoms with van der Waals surface area (Å²) < 4.78 is 33.8. The van der Waals surface area contributed by atoms with Crippen LogP contribution < -0.4 is 0 Å². The normalized spacial score (nSPS) is 16.0. The first kappa shape index (κ1) is 21.0. The van der Waals surface area contributed by atoms with Crippen LogP contribution in [0.1, 0.15) is 0 Å². The number of amides is 1. The minimum absolute atomic E-state index is 0.0155. The molecule has 0 atom stereocenters. The van der Waals surface area contributed by atoms with E-state index in [1.54, 1.807) is 29.2 Å². The van der Waals surface area contributed by atoms with E-state index in [0.29, 0.717) is 68.1 Å². The Morgan fingerprint density at radius 2 is 1.55 bits per heavy atom. The van der Waals surface area contributed by atoms with E-state index >= 15 is 0 Å². The molecule has 0 saturated carbocycles. The second-order valence-corrected chi connectivity index (χ2v) is 7.81. The molecule has 0 unspecified atom stereocenters. The smallest absolute Gasteiger partial charge is 0.287 e. The zero-order chi connectivity index (χ0) is 22.8. The van der Waals surface area contributed by atoms with Crippen molar-refractivity contribution in [1.82, 2.24) is 24.6 Å². The summed E-state index contributed by atoms with van der Waals surface area (Å²) in [6.07, 6.45) is 0. The number of carbonyl (C=O) groups is 1. The molecule has 0 N–H and O–H groups in total. The van der Waals surface area contributed by atoms with Crippen LogP contribution in [0, 0.1) is 11.6 Å². The van der Waals surface area contributed by atoms with Crippen molar-refractivity contribution in [3.05, 3.63) is 60.2 Å². The molecule has 5 rings (SSSR count). The van der Waals surface area contributed by atoms with E-state index in [1.165, 1.54) is 28.9 Å². The van der Waals surface area contributed by atoms with Gasteiger partial charge in [-0.15, -0.1) is 5.10 Å². The van der Waals surface area contributed by atoms with E-state index in [9.17, 15) is 13.6 Å². The third-order valence-corrected chi connectivity index (χ3v) is 5.63. The highest BCUT2D eigenvalue weighted by Crippen LogP contribution is 2.23. The molecule has 3 aromatic rings. The van der Waals surface area contributed by atoms with Crippen LogP contribution in [0.3, 0.4) is 0 Å². The number of benzene rings is 2. The highest BCUT2D eigenvalue weighted by Gasteiger charge is 2.26. The summed E-state index contributed by atoms with van der Waals surface area (Å²) in [5.74, 6) is -0.0187. The second-order valence-electron chi connectivity index (χ2n) is 7.81. The molecular weight excluding hydrogens is 430 g/mol. The average Bonchev–Trinajstić information content (AvgIpc) is 3.51. The summed E-state index contributed by atoms with van der Waals surface area (Å²) >= 11 is 0. The molecule has 10 heteroatoms. The number of hydrogen-bond donors (Lipinski definition) is 0. The number of nitrogens with zero attached hydrogens (tertiary/aromatic N) is 6. The number of ether oxygens (including phenoxy) is 1. The van der Waals surface area contributed by atoms with Crippen molar-refractivity contribution in [2.45, 2.75) is 6.54 Å². The van der Waals surface area contributed by atoms with E-state index < -0.39 is 0 Å². The Hall–Kier alpha value is -3.82. The van der Waals surface area contributed by atoms with E-state index in [-0.39, 0.29) is 24.1 Å². The van der Waals surface area contributed by atoms with Crippen molar-refractivity contribution in [3.8, 4) is 22.8 Å². The van der Waals surface area contributed by atoms with Gasteiger partial charge in [-0.1, -0.05) is 0 Å². The Bertz CT molecular complexity index is 1170. The van der Waals surface area contributed by atoms with Crippen LogP contribution in [0.4, 0.5) is 8.78 Å². The van der Waals surface area contributed by atoms with Gasteiger partial charge >= 0.3 is 0 Å². The van der Waals surface area contributed by atoms with E-state index in [0.717, 1.165) is 0 Å². The number of hydrogen-bond acceptors (Lipinski definition) is 6. The fourth-order valence-electron chi connectivity index (χ4n) is 3.88. The molecule has 1 fully saturated rings. The molecule has 8 nitrogen and oxygen atoms in total. The molecule has 0 spiro atoms. The van der Waals surface area contributed by atoms with Crippen molar-refractivity contribution >= 4 is 11.9 Å². The van der Waals surface area contributed by atoms with Gasteiger partial charge < -0.3 is 14.5 Å². The molecule has 33 heavy (non-hydrogen) atoms. The summed E-state index contributed by atoms with van der Waals surface area (Å²) in [5, 5.41) is 4.51. The van der Waals surface area contributed by atoms with Gasteiger partial charge in [0.1, 0.15) is 24.8 Å². The lowest BCUT2D eigenvalue weighted by atomic mass is 10.2. The van der Waals surface area contributed by atoms with E-state index in [2.05, 4.69) is 15.1 Å². The summed E-state index contributed by atoms with van der Waals surface area (Å²) in [6.45, 7) is 3.64. The highest BCUT2D eigenvalue weighted by atomic mass is 19.1. The number of carbonyl (C=O) groups excluding carboxylic acids is 1. The second kappa shape index (κ2) is 8.97. The molecule has 2 aliphatic heterocycles. The Morgan fingerprint density at radius 1 is 0.909 bits per heavy atom. The largest absolute Gasteiger partial charge is 0.463 e. The first-order valence-electron chi connectivity index (χ1n) is 10.7. The summed E-state index contributed by atoms with van der Waals surface area (Å²) in [4.78, 5) is 25.8. The molecular formula is C23H22F2N6O2. The minimum Gasteiger partial charge on any atom is -0.463 e. The number of rotatable bonds is 4. The molecule has 2 aromatic carbocycles. The van der Waals surface area contributed by atoms with E-state index in [4.69, 9.17) is 4.74 Å². The van der Waals surface area contributed by atoms with Crippen LogP contribution >= 0.6 is 0 Å². The third kappa shape index (κ3) is 4.55. The summed E-state index contributed by atoms with van der Waals surface area (Å²) in [7, 11) is 0. The fourth-order valence-corrected chi connectivity index (χ4v) is 3.88. The molecule has 3 heterocycles. The fraction of sp³-hybridized carbons (Fsp3) is 0.304. The van der Waals surface area contributed by atoms with Gasteiger partial charge in [-0.05, 0) is 48.5 Å². The first-order chi connectivity index (χ1) is 16.1. The van der Waals surface area contributed by atoms with Crippen molar-refractivity contribution in [2.75, 3.05) is 39.3 Å². The quantitative estimate of drug-likeness (QED) is 0.608. The summed E-state index contributed by atoms with van der Waals surface area (Å²) in [5.41, 5.74) is 1.25. The van der Waals surface area contributed by atoms with Crippen LogP contribution in [0.2, 0.25) is 0 Å².